The van der Waals surface area contributed by atoms with E-state index in [1.807, 2.05) is 0 Å². The number of benzene rings is 2. The Balaban J connectivity index is 2.49. The van der Waals surface area contributed by atoms with Gasteiger partial charge in [0.05, 0.1) is 16.8 Å². The van der Waals surface area contributed by atoms with Crippen molar-refractivity contribution in [1.82, 2.24) is 0 Å². The van der Waals surface area contributed by atoms with Gasteiger partial charge in [0.2, 0.25) is 0 Å². The number of nitrogens with one attached hydrogen (secondary N) is 1. The van der Waals surface area contributed by atoms with E-state index in [2.05, 4.69) is 21.2 Å². The molecule has 22 heavy (non-hydrogen) atoms. The molecule has 0 amide bonds. The highest BCUT2D eigenvalue weighted by Crippen LogP contribution is 2.34. The second-order valence-electron chi connectivity index (χ2n) is 4.65. The number of hydrogen-bond donors (Lipinski definition) is 2. The molecule has 116 valence electrons. The smallest absolute Gasteiger partial charge is 0.416 e. The van der Waals surface area contributed by atoms with Gasteiger partial charge in [0, 0.05) is 10.2 Å². The zero-order valence-corrected chi connectivity index (χ0v) is 12.9. The van der Waals surface area contributed by atoms with Crippen LogP contribution in [0, 0.1) is 6.92 Å². The van der Waals surface area contributed by atoms with Gasteiger partial charge in [-0.2, -0.15) is 13.2 Å². The molecule has 0 aliphatic rings. The van der Waals surface area contributed by atoms with E-state index in [1.165, 1.54) is 0 Å². The van der Waals surface area contributed by atoms with E-state index in [0.29, 0.717) is 5.69 Å². The first kappa shape index (κ1) is 16.4. The van der Waals surface area contributed by atoms with E-state index >= 15 is 0 Å². The van der Waals surface area contributed by atoms with Crippen LogP contribution in [0.3, 0.4) is 0 Å². The lowest BCUT2D eigenvalue weighted by Crippen LogP contribution is -2.09. The molecule has 0 aliphatic heterocycles. The third kappa shape index (κ3) is 3.59. The third-order valence-corrected chi connectivity index (χ3v) is 3.53. The molecule has 0 bridgehead atoms. The van der Waals surface area contributed by atoms with Crippen LogP contribution in [0.2, 0.25) is 0 Å². The van der Waals surface area contributed by atoms with Crippen molar-refractivity contribution in [3.8, 4) is 0 Å². The molecule has 0 saturated heterocycles. The Kier molecular flexibility index (Phi) is 4.46. The minimum atomic E-state index is -4.54. The van der Waals surface area contributed by atoms with Crippen LogP contribution in [0.5, 0.6) is 0 Å². The van der Waals surface area contributed by atoms with Crippen molar-refractivity contribution in [1.29, 1.82) is 0 Å². The summed E-state index contributed by atoms with van der Waals surface area (Å²) in [6.45, 7) is 1.77. The Morgan fingerprint density at radius 3 is 2.36 bits per heavy atom. The first-order valence-corrected chi connectivity index (χ1v) is 6.95. The van der Waals surface area contributed by atoms with Crippen LogP contribution < -0.4 is 5.32 Å². The second-order valence-corrected chi connectivity index (χ2v) is 5.56. The molecule has 0 fully saturated rings. The Morgan fingerprint density at radius 2 is 1.82 bits per heavy atom. The molecule has 0 aliphatic carbocycles. The van der Waals surface area contributed by atoms with E-state index in [-0.39, 0.29) is 11.3 Å². The number of aromatic carboxylic acids is 1. The molecule has 0 unspecified atom stereocenters. The molecule has 0 atom stereocenters. The number of carboxylic acid groups (broad SMARTS) is 1. The zero-order valence-electron chi connectivity index (χ0n) is 11.3. The fourth-order valence-corrected chi connectivity index (χ4v) is 2.40. The van der Waals surface area contributed by atoms with Crippen LogP contribution in [0.25, 0.3) is 0 Å². The third-order valence-electron chi connectivity index (χ3n) is 3.04. The number of alkyl halides is 3. The number of carbonyl (C=O) groups is 1. The Hall–Kier alpha value is -2.02. The second kappa shape index (κ2) is 6.00. The summed E-state index contributed by atoms with van der Waals surface area (Å²) in [5, 5.41) is 11.9. The Bertz CT molecular complexity index is 729. The van der Waals surface area contributed by atoms with Gasteiger partial charge in [-0.15, -0.1) is 0 Å². The number of anilines is 2. The summed E-state index contributed by atoms with van der Waals surface area (Å²) in [4.78, 5) is 11.2. The monoisotopic (exact) mass is 373 g/mol. The van der Waals surface area contributed by atoms with Gasteiger partial charge < -0.3 is 10.4 Å². The molecule has 2 aromatic carbocycles. The lowest BCUT2D eigenvalue weighted by atomic mass is 10.1. The van der Waals surface area contributed by atoms with Gasteiger partial charge in [0.25, 0.3) is 0 Å². The molecule has 2 rings (SSSR count). The summed E-state index contributed by atoms with van der Waals surface area (Å²) in [7, 11) is 0. The molecule has 2 aromatic rings. The van der Waals surface area contributed by atoms with E-state index in [9.17, 15) is 18.0 Å². The summed E-state index contributed by atoms with van der Waals surface area (Å²) >= 11 is 3.29. The first-order chi connectivity index (χ1) is 10.2. The highest BCUT2D eigenvalue weighted by Gasteiger charge is 2.31. The number of halogens is 4. The van der Waals surface area contributed by atoms with Crippen molar-refractivity contribution in [3.63, 3.8) is 0 Å². The van der Waals surface area contributed by atoms with Crippen molar-refractivity contribution < 1.29 is 23.1 Å². The number of hydrogen-bond acceptors (Lipinski definition) is 2. The summed E-state index contributed by atoms with van der Waals surface area (Å²) in [5.41, 5.74) is 0.0611. The summed E-state index contributed by atoms with van der Waals surface area (Å²) < 4.78 is 39.2. The van der Waals surface area contributed by atoms with Gasteiger partial charge >= 0.3 is 12.1 Å². The molecule has 2 N–H and O–H groups in total. The zero-order chi connectivity index (χ0) is 16.5. The quantitative estimate of drug-likeness (QED) is 0.775. The lowest BCUT2D eigenvalue weighted by molar-refractivity contribution is -0.137. The maximum absolute atomic E-state index is 12.8. The molecular formula is C15H11BrF3NO2. The fourth-order valence-electron chi connectivity index (χ4n) is 1.92. The van der Waals surface area contributed by atoms with Crippen LogP contribution in [0.4, 0.5) is 24.5 Å². The average Bonchev–Trinajstić information content (AvgIpc) is 2.40. The van der Waals surface area contributed by atoms with Crippen LogP contribution in [0.1, 0.15) is 21.5 Å². The molecule has 0 heterocycles. The van der Waals surface area contributed by atoms with Gasteiger partial charge in [-0.25, -0.2) is 4.79 Å². The Labute approximate surface area is 132 Å². The van der Waals surface area contributed by atoms with Crippen LogP contribution in [0.15, 0.2) is 40.9 Å². The topological polar surface area (TPSA) is 49.3 Å². The standard InChI is InChI=1S/C15H11BrF3NO2/c1-8-6-10(16)3-5-12(8)20-13-7-9(15(17,18)19)2-4-11(13)14(21)22/h2-7,20H,1H3,(H,21,22). The van der Waals surface area contributed by atoms with Gasteiger partial charge in [-0.1, -0.05) is 15.9 Å². The number of rotatable bonds is 3. The van der Waals surface area contributed by atoms with Crippen molar-refractivity contribution in [2.24, 2.45) is 0 Å². The average molecular weight is 374 g/mol. The van der Waals surface area contributed by atoms with Gasteiger partial charge in [0.1, 0.15) is 0 Å². The van der Waals surface area contributed by atoms with E-state index in [4.69, 9.17) is 5.11 Å². The molecule has 7 heteroatoms. The maximum Gasteiger partial charge on any atom is 0.416 e. The molecule has 0 aromatic heterocycles. The van der Waals surface area contributed by atoms with Crippen LogP contribution in [-0.4, -0.2) is 11.1 Å². The first-order valence-electron chi connectivity index (χ1n) is 6.16. The minimum absolute atomic E-state index is 0.104. The van der Waals surface area contributed by atoms with Gasteiger partial charge in [-0.3, -0.25) is 0 Å². The number of carboxylic acids is 1. The van der Waals surface area contributed by atoms with E-state index < -0.39 is 17.7 Å². The summed E-state index contributed by atoms with van der Waals surface area (Å²) in [5.74, 6) is -1.30. The molecule has 0 saturated carbocycles. The van der Waals surface area contributed by atoms with Crippen molar-refractivity contribution in [3.05, 3.63) is 57.6 Å². The highest BCUT2D eigenvalue weighted by atomic mass is 79.9. The molecular weight excluding hydrogens is 363 g/mol. The molecule has 0 spiro atoms. The normalized spacial score (nSPS) is 11.3. The predicted molar refractivity (Wildman–Crippen MR) is 80.6 cm³/mol. The summed E-state index contributed by atoms with van der Waals surface area (Å²) in [6, 6.07) is 7.64. The van der Waals surface area contributed by atoms with Gasteiger partial charge in [-0.05, 0) is 48.9 Å². The van der Waals surface area contributed by atoms with Gasteiger partial charge in [0.15, 0.2) is 0 Å². The Morgan fingerprint density at radius 1 is 1.14 bits per heavy atom. The fraction of sp³-hybridized carbons (Fsp3) is 0.133. The van der Waals surface area contributed by atoms with Crippen LogP contribution >= 0.6 is 15.9 Å². The number of aryl methyl sites for hydroxylation is 1. The van der Waals surface area contributed by atoms with E-state index in [1.54, 1.807) is 25.1 Å². The van der Waals surface area contributed by atoms with Crippen molar-refractivity contribution in [2.45, 2.75) is 13.1 Å². The molecule has 0 radical (unpaired) electrons. The maximum atomic E-state index is 12.8. The van der Waals surface area contributed by atoms with E-state index in [0.717, 1.165) is 28.2 Å². The van der Waals surface area contributed by atoms with Crippen molar-refractivity contribution >= 4 is 33.3 Å². The minimum Gasteiger partial charge on any atom is -0.478 e. The lowest BCUT2D eigenvalue weighted by Gasteiger charge is -2.15. The summed E-state index contributed by atoms with van der Waals surface area (Å²) in [6.07, 6.45) is -4.54. The van der Waals surface area contributed by atoms with Crippen LogP contribution in [-0.2, 0) is 6.18 Å². The SMILES string of the molecule is Cc1cc(Br)ccc1Nc1cc(C(F)(F)F)ccc1C(=O)O. The molecule has 3 nitrogen and oxygen atoms in total. The predicted octanol–water partition coefficient (Wildman–Crippen LogP) is 5.22. The van der Waals surface area contributed by atoms with Crippen molar-refractivity contribution in [2.75, 3.05) is 5.32 Å². The largest absolute Gasteiger partial charge is 0.478 e. The highest BCUT2D eigenvalue weighted by molar-refractivity contribution is 9.10.